The van der Waals surface area contributed by atoms with Crippen molar-refractivity contribution in [1.29, 1.82) is 0 Å². The van der Waals surface area contributed by atoms with E-state index < -0.39 is 5.41 Å². The van der Waals surface area contributed by atoms with Crippen LogP contribution in [0.2, 0.25) is 5.02 Å². The predicted octanol–water partition coefficient (Wildman–Crippen LogP) is 7.50. The van der Waals surface area contributed by atoms with E-state index in [1.165, 1.54) is 10.5 Å². The summed E-state index contributed by atoms with van der Waals surface area (Å²) in [6.07, 6.45) is 4.46. The van der Waals surface area contributed by atoms with Gasteiger partial charge in [0.05, 0.1) is 18.0 Å². The Morgan fingerprint density at radius 1 is 0.949 bits per heavy atom. The maximum Gasteiger partial charge on any atom is 0.324 e. The SMILES string of the molecule is C[C@H](NC(=O)N1C(=O)[C@H]2[C@H](c3ccc(Cl)cc3)[C@@H]3C=C[C@]2(c2ccccc23)[C@@H]1C)c1cccc2ccccc12. The van der Waals surface area contributed by atoms with Crippen molar-refractivity contribution in [3.63, 3.8) is 0 Å². The summed E-state index contributed by atoms with van der Waals surface area (Å²) in [6.45, 7) is 4.00. The van der Waals surface area contributed by atoms with Crippen molar-refractivity contribution in [1.82, 2.24) is 10.2 Å². The first-order valence-corrected chi connectivity index (χ1v) is 13.9. The molecule has 4 aliphatic rings. The molecule has 4 aromatic rings. The summed E-state index contributed by atoms with van der Waals surface area (Å²) in [4.78, 5) is 29.8. The molecule has 0 aromatic heterocycles. The van der Waals surface area contributed by atoms with Crippen molar-refractivity contribution >= 4 is 34.3 Å². The Hall–Kier alpha value is -3.89. The number of benzene rings is 4. The number of amides is 3. The van der Waals surface area contributed by atoms with Crippen LogP contribution in [-0.2, 0) is 10.2 Å². The van der Waals surface area contributed by atoms with E-state index in [0.29, 0.717) is 5.02 Å². The minimum absolute atomic E-state index is 0.0584. The first kappa shape index (κ1) is 24.2. The van der Waals surface area contributed by atoms with Gasteiger partial charge in [0, 0.05) is 22.3 Å². The molecular weight excluding hydrogens is 504 g/mol. The molecule has 0 unspecified atom stereocenters. The molecule has 1 fully saturated rings. The topological polar surface area (TPSA) is 49.4 Å². The third-order valence-corrected chi connectivity index (χ3v) is 9.56. The maximum absolute atomic E-state index is 14.4. The van der Waals surface area contributed by atoms with E-state index in [2.05, 4.69) is 53.9 Å². The zero-order valence-corrected chi connectivity index (χ0v) is 22.6. The predicted molar refractivity (Wildman–Crippen MR) is 155 cm³/mol. The van der Waals surface area contributed by atoms with Crippen molar-refractivity contribution in [2.75, 3.05) is 0 Å². The molecule has 3 amide bonds. The Balaban J connectivity index is 1.29. The van der Waals surface area contributed by atoms with E-state index in [9.17, 15) is 9.59 Å². The molecule has 1 spiro atoms. The summed E-state index contributed by atoms with van der Waals surface area (Å²) >= 11 is 6.23. The lowest BCUT2D eigenvalue weighted by molar-refractivity contribution is -0.130. The molecule has 4 nitrogen and oxygen atoms in total. The highest BCUT2D eigenvalue weighted by atomic mass is 35.5. The number of nitrogens with one attached hydrogen (secondary N) is 1. The second kappa shape index (κ2) is 8.82. The summed E-state index contributed by atoms with van der Waals surface area (Å²) in [6, 6.07) is 29.6. The van der Waals surface area contributed by atoms with Crippen LogP contribution in [0, 0.1) is 5.92 Å². The summed E-state index contributed by atoms with van der Waals surface area (Å²) in [7, 11) is 0. The number of nitrogens with zero attached hydrogens (tertiary/aromatic N) is 1. The van der Waals surface area contributed by atoms with Gasteiger partial charge >= 0.3 is 6.03 Å². The first-order chi connectivity index (χ1) is 18.9. The first-order valence-electron chi connectivity index (χ1n) is 13.6. The van der Waals surface area contributed by atoms with Crippen LogP contribution < -0.4 is 5.32 Å². The van der Waals surface area contributed by atoms with Crippen molar-refractivity contribution in [3.05, 3.63) is 130 Å². The second-order valence-corrected chi connectivity index (χ2v) is 11.5. The molecule has 39 heavy (non-hydrogen) atoms. The number of rotatable bonds is 3. The summed E-state index contributed by atoms with van der Waals surface area (Å²) in [5, 5.41) is 6.05. The lowest BCUT2D eigenvalue weighted by atomic mass is 9.50. The molecular formula is C34H29ClN2O2. The van der Waals surface area contributed by atoms with Crippen LogP contribution in [0.5, 0.6) is 0 Å². The van der Waals surface area contributed by atoms with E-state index >= 15 is 0 Å². The summed E-state index contributed by atoms with van der Waals surface area (Å²) in [5.41, 5.74) is 3.91. The van der Waals surface area contributed by atoms with Gasteiger partial charge in [-0.2, -0.15) is 0 Å². The van der Waals surface area contributed by atoms with Gasteiger partial charge in [-0.3, -0.25) is 9.69 Å². The van der Waals surface area contributed by atoms with Gasteiger partial charge in [0.15, 0.2) is 0 Å². The van der Waals surface area contributed by atoms with Gasteiger partial charge in [-0.05, 0) is 59.0 Å². The number of fused-ring (bicyclic) bond motifs is 1. The monoisotopic (exact) mass is 532 g/mol. The van der Waals surface area contributed by atoms with Gasteiger partial charge in [-0.15, -0.1) is 0 Å². The van der Waals surface area contributed by atoms with Gasteiger partial charge < -0.3 is 5.32 Å². The number of halogens is 1. The average Bonchev–Trinajstić information content (AvgIpc) is 3.20. The van der Waals surface area contributed by atoms with Crippen molar-refractivity contribution in [2.45, 2.75) is 43.2 Å². The van der Waals surface area contributed by atoms with E-state index in [0.717, 1.165) is 27.5 Å². The van der Waals surface area contributed by atoms with Gasteiger partial charge in [0.25, 0.3) is 0 Å². The minimum Gasteiger partial charge on any atom is -0.331 e. The number of allylic oxidation sites excluding steroid dienone is 1. The summed E-state index contributed by atoms with van der Waals surface area (Å²) < 4.78 is 0. The highest BCUT2D eigenvalue weighted by Crippen LogP contribution is 2.64. The molecule has 1 heterocycles. The molecule has 0 saturated carbocycles. The van der Waals surface area contributed by atoms with Crippen LogP contribution in [0.1, 0.15) is 54.0 Å². The minimum atomic E-state index is -0.591. The van der Waals surface area contributed by atoms with Crippen LogP contribution in [0.4, 0.5) is 4.79 Å². The molecule has 1 N–H and O–H groups in total. The number of urea groups is 1. The van der Waals surface area contributed by atoms with Crippen LogP contribution in [0.3, 0.4) is 0 Å². The quantitative estimate of drug-likeness (QED) is 0.278. The fourth-order valence-corrected chi connectivity index (χ4v) is 7.71. The fourth-order valence-electron chi connectivity index (χ4n) is 7.58. The summed E-state index contributed by atoms with van der Waals surface area (Å²) in [5.74, 6) is -0.514. The highest BCUT2D eigenvalue weighted by Gasteiger charge is 2.66. The number of carbonyl (C=O) groups is 2. The number of hydrogen-bond acceptors (Lipinski definition) is 2. The lowest BCUT2D eigenvalue weighted by Crippen LogP contribution is -2.51. The van der Waals surface area contributed by atoms with E-state index in [4.69, 9.17) is 11.6 Å². The lowest BCUT2D eigenvalue weighted by Gasteiger charge is -2.51. The Kier molecular flexibility index (Phi) is 5.47. The fraction of sp³-hybridized carbons (Fsp3) is 0.235. The molecule has 1 aliphatic heterocycles. The molecule has 3 aliphatic carbocycles. The molecule has 2 bridgehead atoms. The van der Waals surface area contributed by atoms with Crippen LogP contribution in [0.25, 0.3) is 10.8 Å². The molecule has 0 radical (unpaired) electrons. The third kappa shape index (κ3) is 3.37. The number of likely N-dealkylation sites (tertiary alicyclic amines) is 1. The molecule has 8 rings (SSSR count). The van der Waals surface area contributed by atoms with Crippen molar-refractivity contribution in [2.24, 2.45) is 5.92 Å². The van der Waals surface area contributed by atoms with Gasteiger partial charge in [-0.25, -0.2) is 4.79 Å². The molecule has 6 atom stereocenters. The third-order valence-electron chi connectivity index (χ3n) is 9.31. The zero-order valence-electron chi connectivity index (χ0n) is 21.8. The van der Waals surface area contributed by atoms with E-state index in [1.807, 2.05) is 68.4 Å². The van der Waals surface area contributed by atoms with Crippen molar-refractivity contribution < 1.29 is 9.59 Å². The number of imide groups is 1. The normalized spacial score (nSPS) is 27.4. The second-order valence-electron chi connectivity index (χ2n) is 11.1. The number of hydrogen-bond donors (Lipinski definition) is 1. The molecule has 5 heteroatoms. The van der Waals surface area contributed by atoms with E-state index in [-0.39, 0.29) is 41.8 Å². The maximum atomic E-state index is 14.4. The van der Waals surface area contributed by atoms with Gasteiger partial charge in [-0.1, -0.05) is 103 Å². The Labute approximate surface area is 233 Å². The van der Waals surface area contributed by atoms with Gasteiger partial charge in [0.2, 0.25) is 5.91 Å². The van der Waals surface area contributed by atoms with Crippen molar-refractivity contribution in [3.8, 4) is 0 Å². The number of carbonyl (C=O) groups excluding carboxylic acids is 2. The van der Waals surface area contributed by atoms with Crippen LogP contribution >= 0.6 is 11.6 Å². The zero-order chi connectivity index (χ0) is 26.9. The average molecular weight is 533 g/mol. The largest absolute Gasteiger partial charge is 0.331 e. The Morgan fingerprint density at radius 2 is 1.67 bits per heavy atom. The Morgan fingerprint density at radius 3 is 2.49 bits per heavy atom. The molecule has 1 saturated heterocycles. The van der Waals surface area contributed by atoms with Crippen LogP contribution in [0.15, 0.2) is 103 Å². The van der Waals surface area contributed by atoms with Gasteiger partial charge in [0.1, 0.15) is 0 Å². The van der Waals surface area contributed by atoms with Crippen LogP contribution in [-0.4, -0.2) is 22.9 Å². The van der Waals surface area contributed by atoms with E-state index in [1.54, 1.807) is 0 Å². The Bertz CT molecular complexity index is 1660. The highest BCUT2D eigenvalue weighted by molar-refractivity contribution is 6.30. The molecule has 4 aromatic carbocycles. The standard InChI is InChI=1S/C34H29ClN2O2/c1-20(25-12-7-9-22-8-3-4-10-26(22)25)36-33(39)37-21(2)34-19-18-28(27-11-5-6-13-29(27)34)30(31(34)32(37)38)23-14-16-24(35)17-15-23/h3-21,28,30-31H,1-2H3,(H,36,39)/t20-,21-,28+,30+,31+,34+/m0/s1. The molecule has 194 valence electrons. The smallest absolute Gasteiger partial charge is 0.324 e.